The first-order valence-corrected chi connectivity index (χ1v) is 8.52. The summed E-state index contributed by atoms with van der Waals surface area (Å²) < 4.78 is 40.3. The number of rotatable bonds is 6. The molecule has 0 fully saturated rings. The van der Waals surface area contributed by atoms with Crippen molar-refractivity contribution in [2.75, 3.05) is 5.32 Å². The lowest BCUT2D eigenvalue weighted by molar-refractivity contribution is -0.274. The number of carbonyl (C=O) groups is 1. The number of benzene rings is 1. The number of nitrogens with one attached hydrogen (secondary N) is 2. The standard InChI is InChI=1S/C17H13F3N4O2S/c18-17(19,20)26-13-3-1-12(2-4-13)23-16-24-14(10-27-16)15(25)22-9-11-5-7-21-8-6-11/h1-8,10H,9H2,(H,22,25)(H,23,24). The summed E-state index contributed by atoms with van der Waals surface area (Å²) in [5, 5.41) is 7.70. The van der Waals surface area contributed by atoms with Crippen molar-refractivity contribution in [1.29, 1.82) is 0 Å². The highest BCUT2D eigenvalue weighted by Gasteiger charge is 2.30. The minimum absolute atomic E-state index is 0.244. The van der Waals surface area contributed by atoms with E-state index in [1.54, 1.807) is 29.9 Å². The highest BCUT2D eigenvalue weighted by Crippen LogP contribution is 2.26. The smallest absolute Gasteiger partial charge is 0.406 e. The normalized spacial score (nSPS) is 11.1. The summed E-state index contributed by atoms with van der Waals surface area (Å²) in [6.45, 7) is 0.350. The molecule has 0 aliphatic heterocycles. The van der Waals surface area contributed by atoms with E-state index < -0.39 is 6.36 Å². The predicted molar refractivity (Wildman–Crippen MR) is 93.9 cm³/mol. The molecule has 0 atom stereocenters. The van der Waals surface area contributed by atoms with Gasteiger partial charge in [0.05, 0.1) is 0 Å². The van der Waals surface area contributed by atoms with Gasteiger partial charge in [-0.05, 0) is 42.0 Å². The van der Waals surface area contributed by atoms with E-state index in [1.807, 2.05) is 0 Å². The van der Waals surface area contributed by atoms with Crippen LogP contribution in [0.25, 0.3) is 0 Å². The summed E-state index contributed by atoms with van der Waals surface area (Å²) in [5.74, 6) is -0.645. The number of hydrogen-bond acceptors (Lipinski definition) is 6. The van der Waals surface area contributed by atoms with Crippen molar-refractivity contribution >= 4 is 28.1 Å². The van der Waals surface area contributed by atoms with E-state index in [4.69, 9.17) is 0 Å². The van der Waals surface area contributed by atoms with Gasteiger partial charge in [-0.3, -0.25) is 9.78 Å². The second-order valence-electron chi connectivity index (χ2n) is 5.27. The molecule has 2 heterocycles. The maximum atomic E-state index is 12.2. The number of thiazole rings is 1. The molecule has 140 valence electrons. The van der Waals surface area contributed by atoms with Gasteiger partial charge in [-0.15, -0.1) is 24.5 Å². The molecule has 27 heavy (non-hydrogen) atoms. The monoisotopic (exact) mass is 394 g/mol. The third kappa shape index (κ3) is 5.68. The van der Waals surface area contributed by atoms with Gasteiger partial charge >= 0.3 is 6.36 Å². The SMILES string of the molecule is O=C(NCc1ccncc1)c1csc(Nc2ccc(OC(F)(F)F)cc2)n1. The number of anilines is 2. The number of aromatic nitrogens is 2. The molecule has 0 radical (unpaired) electrons. The van der Waals surface area contributed by atoms with Gasteiger partial charge in [-0.2, -0.15) is 0 Å². The van der Waals surface area contributed by atoms with Crippen LogP contribution in [0, 0.1) is 0 Å². The van der Waals surface area contributed by atoms with Crippen molar-refractivity contribution in [3.63, 3.8) is 0 Å². The van der Waals surface area contributed by atoms with Crippen LogP contribution in [0.15, 0.2) is 54.2 Å². The Kier molecular flexibility index (Phi) is 5.55. The average Bonchev–Trinajstić information content (AvgIpc) is 3.10. The van der Waals surface area contributed by atoms with Crippen molar-refractivity contribution < 1.29 is 22.7 Å². The molecule has 0 spiro atoms. The summed E-state index contributed by atoms with van der Waals surface area (Å²) in [5.41, 5.74) is 1.67. The lowest BCUT2D eigenvalue weighted by Gasteiger charge is -2.09. The number of alkyl halides is 3. The van der Waals surface area contributed by atoms with E-state index in [9.17, 15) is 18.0 Å². The molecule has 0 saturated heterocycles. The largest absolute Gasteiger partial charge is 0.573 e. The van der Waals surface area contributed by atoms with Crippen LogP contribution in [0.5, 0.6) is 5.75 Å². The number of ether oxygens (including phenoxy) is 1. The number of amides is 1. The number of carbonyl (C=O) groups excluding carboxylic acids is 1. The van der Waals surface area contributed by atoms with Crippen LogP contribution in [0.3, 0.4) is 0 Å². The van der Waals surface area contributed by atoms with Crippen LogP contribution in [0.1, 0.15) is 16.1 Å². The van der Waals surface area contributed by atoms with Gasteiger partial charge in [0.25, 0.3) is 5.91 Å². The zero-order valence-corrected chi connectivity index (χ0v) is 14.5. The maximum Gasteiger partial charge on any atom is 0.573 e. The summed E-state index contributed by atoms with van der Waals surface area (Å²) in [6.07, 6.45) is -1.46. The molecule has 0 aliphatic carbocycles. The molecule has 6 nitrogen and oxygen atoms in total. The van der Waals surface area contributed by atoms with E-state index in [0.29, 0.717) is 17.4 Å². The van der Waals surface area contributed by atoms with E-state index in [1.165, 1.54) is 35.6 Å². The number of pyridine rings is 1. The molecule has 0 unspecified atom stereocenters. The van der Waals surface area contributed by atoms with Gasteiger partial charge in [-0.25, -0.2) is 4.98 Å². The topological polar surface area (TPSA) is 76.1 Å². The number of halogens is 3. The van der Waals surface area contributed by atoms with Crippen molar-refractivity contribution in [1.82, 2.24) is 15.3 Å². The van der Waals surface area contributed by atoms with Gasteiger partial charge in [-0.1, -0.05) is 0 Å². The van der Waals surface area contributed by atoms with Crippen LogP contribution in [0.4, 0.5) is 24.0 Å². The number of nitrogens with zero attached hydrogens (tertiary/aromatic N) is 2. The molecule has 3 rings (SSSR count). The lowest BCUT2D eigenvalue weighted by Crippen LogP contribution is -2.23. The second-order valence-corrected chi connectivity index (χ2v) is 6.13. The minimum atomic E-state index is -4.73. The molecular formula is C17H13F3N4O2S. The summed E-state index contributed by atoms with van der Waals surface area (Å²) in [4.78, 5) is 20.2. The summed E-state index contributed by atoms with van der Waals surface area (Å²) in [7, 11) is 0. The first-order valence-electron chi connectivity index (χ1n) is 7.64. The maximum absolute atomic E-state index is 12.2. The number of hydrogen-bond donors (Lipinski definition) is 2. The quantitative estimate of drug-likeness (QED) is 0.658. The van der Waals surface area contributed by atoms with Crippen LogP contribution in [-0.4, -0.2) is 22.2 Å². The van der Waals surface area contributed by atoms with Crippen molar-refractivity contribution in [2.45, 2.75) is 12.9 Å². The summed E-state index contributed by atoms with van der Waals surface area (Å²) in [6, 6.07) is 8.80. The predicted octanol–water partition coefficient (Wildman–Crippen LogP) is 4.11. The highest BCUT2D eigenvalue weighted by molar-refractivity contribution is 7.14. The molecule has 0 saturated carbocycles. The molecule has 1 amide bonds. The molecule has 10 heteroatoms. The Balaban J connectivity index is 1.56. The van der Waals surface area contributed by atoms with Gasteiger partial charge in [0.2, 0.25) is 0 Å². The molecule has 2 N–H and O–H groups in total. The van der Waals surface area contributed by atoms with Gasteiger partial charge < -0.3 is 15.4 Å². The van der Waals surface area contributed by atoms with Crippen LogP contribution in [-0.2, 0) is 6.54 Å². The molecule has 1 aromatic carbocycles. The Morgan fingerprint density at radius 1 is 1.11 bits per heavy atom. The van der Waals surface area contributed by atoms with Crippen LogP contribution in [0.2, 0.25) is 0 Å². The molecule has 2 aromatic heterocycles. The van der Waals surface area contributed by atoms with Crippen molar-refractivity contribution in [3.05, 3.63) is 65.4 Å². The van der Waals surface area contributed by atoms with E-state index in [0.717, 1.165) is 5.56 Å². The van der Waals surface area contributed by atoms with E-state index >= 15 is 0 Å². The zero-order chi connectivity index (χ0) is 19.3. The Morgan fingerprint density at radius 3 is 2.48 bits per heavy atom. The van der Waals surface area contributed by atoms with Crippen molar-refractivity contribution in [3.8, 4) is 5.75 Å². The van der Waals surface area contributed by atoms with Gasteiger partial charge in [0.15, 0.2) is 5.13 Å². The average molecular weight is 394 g/mol. The summed E-state index contributed by atoms with van der Waals surface area (Å²) >= 11 is 1.20. The molecule has 0 aliphatic rings. The Morgan fingerprint density at radius 2 is 1.81 bits per heavy atom. The fraction of sp³-hybridized carbons (Fsp3) is 0.118. The first-order chi connectivity index (χ1) is 12.9. The molecule has 3 aromatic rings. The lowest BCUT2D eigenvalue weighted by atomic mass is 10.2. The highest BCUT2D eigenvalue weighted by atomic mass is 32.1. The first kappa shape index (κ1) is 18.6. The Bertz CT molecular complexity index is 899. The zero-order valence-electron chi connectivity index (χ0n) is 13.7. The fourth-order valence-corrected chi connectivity index (χ4v) is 2.78. The van der Waals surface area contributed by atoms with Gasteiger partial charge in [0.1, 0.15) is 11.4 Å². The fourth-order valence-electron chi connectivity index (χ4n) is 2.07. The van der Waals surface area contributed by atoms with Crippen LogP contribution >= 0.6 is 11.3 Å². The molecule has 0 bridgehead atoms. The Labute approximate surface area is 156 Å². The Hall–Kier alpha value is -3.14. The van der Waals surface area contributed by atoms with Gasteiger partial charge in [0, 0.05) is 30.0 Å². The van der Waals surface area contributed by atoms with Crippen LogP contribution < -0.4 is 15.4 Å². The van der Waals surface area contributed by atoms with E-state index in [-0.39, 0.29) is 17.4 Å². The second kappa shape index (κ2) is 8.04. The minimum Gasteiger partial charge on any atom is -0.406 e. The molecular weight excluding hydrogens is 381 g/mol. The van der Waals surface area contributed by atoms with E-state index in [2.05, 4.69) is 25.3 Å². The third-order valence-electron chi connectivity index (χ3n) is 3.28. The van der Waals surface area contributed by atoms with Crippen molar-refractivity contribution in [2.24, 2.45) is 0 Å². The third-order valence-corrected chi connectivity index (χ3v) is 4.04.